The number of aromatic hydroxyl groups is 1. The van der Waals surface area contributed by atoms with Crippen LogP contribution in [-0.4, -0.2) is 34.7 Å². The van der Waals surface area contributed by atoms with E-state index in [4.69, 9.17) is 4.74 Å². The molecule has 0 atom stereocenters. The van der Waals surface area contributed by atoms with Crippen LogP contribution in [0, 0.1) is 5.82 Å². The van der Waals surface area contributed by atoms with E-state index in [9.17, 15) is 14.3 Å². The lowest BCUT2D eigenvalue weighted by Gasteiger charge is -2.17. The molecule has 0 aliphatic carbocycles. The summed E-state index contributed by atoms with van der Waals surface area (Å²) in [6.45, 7) is 0.610. The first kappa shape index (κ1) is 19.4. The van der Waals surface area contributed by atoms with Gasteiger partial charge in [-0.05, 0) is 35.9 Å². The third-order valence-corrected chi connectivity index (χ3v) is 4.45. The van der Waals surface area contributed by atoms with Crippen molar-refractivity contribution in [3.8, 4) is 5.75 Å². The third kappa shape index (κ3) is 4.23. The van der Waals surface area contributed by atoms with Crippen LogP contribution in [0.15, 0.2) is 48.7 Å². The first-order chi connectivity index (χ1) is 14.5. The number of hydrogen-bond donors (Lipinski definition) is 4. The number of fused-ring (bicyclic) bond motifs is 1. The minimum absolute atomic E-state index is 0.00461. The van der Waals surface area contributed by atoms with Crippen LogP contribution in [0.4, 0.5) is 33.2 Å². The number of aromatic nitrogens is 2. The number of nitrogens with zero attached hydrogens (tertiary/aromatic N) is 3. The Bertz CT molecular complexity index is 1090. The highest BCUT2D eigenvalue weighted by Crippen LogP contribution is 2.29. The number of carbonyl (C=O) groups is 1. The van der Waals surface area contributed by atoms with Crippen molar-refractivity contribution in [1.82, 2.24) is 15.4 Å². The van der Waals surface area contributed by atoms with Crippen molar-refractivity contribution in [2.45, 2.75) is 6.54 Å². The first-order valence-corrected chi connectivity index (χ1v) is 9.08. The number of anilines is 5. The van der Waals surface area contributed by atoms with Crippen LogP contribution in [0.1, 0.15) is 5.56 Å². The quantitative estimate of drug-likeness (QED) is 0.456. The number of hydrogen-bond acceptors (Lipinski definition) is 9. The van der Waals surface area contributed by atoms with E-state index >= 15 is 0 Å². The normalized spacial score (nSPS) is 12.4. The fourth-order valence-electron chi connectivity index (χ4n) is 3.03. The van der Waals surface area contributed by atoms with E-state index in [0.29, 0.717) is 17.9 Å². The van der Waals surface area contributed by atoms with Crippen LogP contribution in [0.3, 0.4) is 0 Å². The molecule has 10 heteroatoms. The van der Waals surface area contributed by atoms with Crippen LogP contribution in [0.25, 0.3) is 0 Å². The number of hydrazine groups is 1. The smallest absolute Gasteiger partial charge is 0.326 e. The van der Waals surface area contributed by atoms with E-state index in [0.717, 1.165) is 17.4 Å². The molecular formula is C20H19FN6O3. The molecular weight excluding hydrogens is 391 g/mol. The number of benzene rings is 2. The zero-order valence-corrected chi connectivity index (χ0v) is 16.0. The van der Waals surface area contributed by atoms with Crippen LogP contribution in [0.2, 0.25) is 0 Å². The number of ether oxygens (including phenoxy) is 1. The van der Waals surface area contributed by atoms with E-state index < -0.39 is 5.82 Å². The molecule has 0 radical (unpaired) electrons. The van der Waals surface area contributed by atoms with Gasteiger partial charge in [0.1, 0.15) is 12.3 Å². The van der Waals surface area contributed by atoms with Crippen molar-refractivity contribution in [2.24, 2.45) is 0 Å². The lowest BCUT2D eigenvalue weighted by Crippen LogP contribution is -2.37. The molecule has 4 N–H and O–H groups in total. The van der Waals surface area contributed by atoms with Crippen molar-refractivity contribution in [2.75, 3.05) is 29.3 Å². The first-order valence-electron chi connectivity index (χ1n) is 9.08. The zero-order chi connectivity index (χ0) is 21.1. The molecule has 0 fully saturated rings. The molecule has 0 saturated carbocycles. The summed E-state index contributed by atoms with van der Waals surface area (Å²) >= 11 is 0. The largest absolute Gasteiger partial charge is 0.508 e. The van der Waals surface area contributed by atoms with Gasteiger partial charge in [0, 0.05) is 24.0 Å². The summed E-state index contributed by atoms with van der Waals surface area (Å²) in [5.41, 5.74) is 6.10. The monoisotopic (exact) mass is 410 g/mol. The fourth-order valence-corrected chi connectivity index (χ4v) is 3.03. The van der Waals surface area contributed by atoms with Gasteiger partial charge < -0.3 is 20.5 Å². The molecule has 9 nitrogen and oxygen atoms in total. The number of halogens is 1. The Morgan fingerprint density at radius 3 is 2.90 bits per heavy atom. The predicted octanol–water partition coefficient (Wildman–Crippen LogP) is 2.81. The molecule has 0 unspecified atom stereocenters. The lowest BCUT2D eigenvalue weighted by atomic mass is 10.1. The Labute approximate surface area is 171 Å². The Hall–Kier alpha value is -3.92. The topological polar surface area (TPSA) is 112 Å². The molecule has 3 aromatic rings. The van der Waals surface area contributed by atoms with Crippen molar-refractivity contribution in [1.29, 1.82) is 0 Å². The Balaban J connectivity index is 1.51. The summed E-state index contributed by atoms with van der Waals surface area (Å²) in [7, 11) is 1.34. The van der Waals surface area contributed by atoms with Gasteiger partial charge in [0.25, 0.3) is 0 Å². The van der Waals surface area contributed by atoms with Gasteiger partial charge in [-0.25, -0.2) is 14.8 Å². The highest BCUT2D eigenvalue weighted by Gasteiger charge is 2.21. The van der Waals surface area contributed by atoms with Crippen LogP contribution < -0.4 is 21.1 Å². The lowest BCUT2D eigenvalue weighted by molar-refractivity contribution is -0.139. The van der Waals surface area contributed by atoms with Gasteiger partial charge in [0.05, 0.1) is 19.0 Å². The number of methoxy groups -OCH3 is 1. The van der Waals surface area contributed by atoms with E-state index in [2.05, 4.69) is 26.0 Å². The standard InChI is InChI=1S/C20H19FN6O3/c1-30-18(29)11-27-17-6-5-14(7-12(17)9-23-27)24-19-16(21)10-22-20(26-19)25-13-3-2-4-15(28)8-13/h2-8,10,23,28H,9,11H2,1H3,(H2,22,24,25,26). The van der Waals surface area contributed by atoms with E-state index in [1.165, 1.54) is 13.2 Å². The summed E-state index contributed by atoms with van der Waals surface area (Å²) in [4.78, 5) is 19.6. The van der Waals surface area contributed by atoms with Crippen molar-refractivity contribution in [3.05, 3.63) is 60.0 Å². The Morgan fingerprint density at radius 1 is 1.27 bits per heavy atom. The second-order valence-corrected chi connectivity index (χ2v) is 6.53. The Morgan fingerprint density at radius 2 is 2.10 bits per heavy atom. The molecule has 4 rings (SSSR count). The predicted molar refractivity (Wildman–Crippen MR) is 109 cm³/mol. The van der Waals surface area contributed by atoms with Crippen LogP contribution in [-0.2, 0) is 16.1 Å². The average Bonchev–Trinajstić information content (AvgIpc) is 3.12. The molecule has 0 amide bonds. The summed E-state index contributed by atoms with van der Waals surface area (Å²) in [5, 5.41) is 17.1. The molecule has 0 spiro atoms. The van der Waals surface area contributed by atoms with Crippen LogP contribution >= 0.6 is 0 Å². The average molecular weight is 410 g/mol. The Kier molecular flexibility index (Phi) is 5.31. The molecule has 0 bridgehead atoms. The van der Waals surface area contributed by atoms with Gasteiger partial charge in [-0.2, -0.15) is 4.98 Å². The number of rotatable bonds is 6. The maximum atomic E-state index is 14.2. The van der Waals surface area contributed by atoms with E-state index in [1.54, 1.807) is 29.3 Å². The molecule has 1 aliphatic rings. The minimum Gasteiger partial charge on any atom is -0.508 e. The molecule has 154 valence electrons. The molecule has 2 aromatic carbocycles. The van der Waals surface area contributed by atoms with Crippen molar-refractivity contribution < 1.29 is 19.0 Å². The molecule has 0 saturated heterocycles. The summed E-state index contributed by atoms with van der Waals surface area (Å²) in [6.07, 6.45) is 1.06. The number of nitrogens with one attached hydrogen (secondary N) is 3. The highest BCUT2D eigenvalue weighted by molar-refractivity contribution is 5.77. The molecule has 1 aromatic heterocycles. The number of esters is 1. The second-order valence-electron chi connectivity index (χ2n) is 6.53. The highest BCUT2D eigenvalue weighted by atomic mass is 19.1. The number of phenolic OH excluding ortho intramolecular Hbond substituents is 1. The van der Waals surface area contributed by atoms with E-state index in [1.807, 2.05) is 12.1 Å². The number of phenols is 1. The van der Waals surface area contributed by atoms with Gasteiger partial charge in [0.2, 0.25) is 5.95 Å². The SMILES string of the molecule is COC(=O)CN1NCc2cc(Nc3nc(Nc4cccc(O)c4)ncc3F)ccc21. The third-order valence-electron chi connectivity index (χ3n) is 4.45. The van der Waals surface area contributed by atoms with Gasteiger partial charge in [0.15, 0.2) is 11.6 Å². The van der Waals surface area contributed by atoms with Gasteiger partial charge >= 0.3 is 5.97 Å². The second kappa shape index (κ2) is 8.21. The molecule has 30 heavy (non-hydrogen) atoms. The van der Waals surface area contributed by atoms with Gasteiger partial charge in [-0.3, -0.25) is 9.80 Å². The van der Waals surface area contributed by atoms with Gasteiger partial charge in [-0.15, -0.1) is 0 Å². The maximum Gasteiger partial charge on any atom is 0.326 e. The maximum absolute atomic E-state index is 14.2. The minimum atomic E-state index is -0.609. The van der Waals surface area contributed by atoms with Crippen molar-refractivity contribution >= 4 is 34.8 Å². The van der Waals surface area contributed by atoms with Gasteiger partial charge in [-0.1, -0.05) is 6.07 Å². The molecule has 2 heterocycles. The van der Waals surface area contributed by atoms with Crippen molar-refractivity contribution in [3.63, 3.8) is 0 Å². The summed E-state index contributed by atoms with van der Waals surface area (Å²) < 4.78 is 18.9. The summed E-state index contributed by atoms with van der Waals surface area (Å²) in [5.74, 6) is -0.690. The van der Waals surface area contributed by atoms with Crippen LogP contribution in [0.5, 0.6) is 5.75 Å². The number of carbonyl (C=O) groups excluding carboxylic acids is 1. The fraction of sp³-hybridized carbons (Fsp3) is 0.150. The summed E-state index contributed by atoms with van der Waals surface area (Å²) in [6, 6.07) is 11.9. The molecule has 1 aliphatic heterocycles. The van der Waals surface area contributed by atoms with E-state index in [-0.39, 0.29) is 30.0 Å². The zero-order valence-electron chi connectivity index (χ0n) is 16.0.